The Morgan fingerprint density at radius 2 is 1.81 bits per heavy atom. The topological polar surface area (TPSA) is 126 Å². The molecule has 3 N–H and O–H groups in total. The molecule has 0 saturated heterocycles. The zero-order valence-corrected chi connectivity index (χ0v) is 18.3. The maximum Gasteiger partial charge on any atom is 0.240 e. The van der Waals surface area contributed by atoms with Crippen molar-refractivity contribution in [3.63, 3.8) is 0 Å². The number of sulfonamides is 1. The minimum absolute atomic E-state index is 0.0868. The Bertz CT molecular complexity index is 1320. The van der Waals surface area contributed by atoms with Gasteiger partial charge in [0, 0.05) is 12.0 Å². The number of aliphatic hydroxyl groups excluding tert-OH is 1. The summed E-state index contributed by atoms with van der Waals surface area (Å²) in [4.78, 5) is 12.7. The van der Waals surface area contributed by atoms with Crippen LogP contribution in [-0.2, 0) is 10.0 Å². The maximum atomic E-state index is 12.8. The predicted molar refractivity (Wildman–Crippen MR) is 119 cm³/mol. The van der Waals surface area contributed by atoms with Crippen molar-refractivity contribution in [3.8, 4) is 5.95 Å². The Morgan fingerprint density at radius 3 is 2.59 bits per heavy atom. The van der Waals surface area contributed by atoms with Crippen LogP contribution in [0.4, 0.5) is 0 Å². The van der Waals surface area contributed by atoms with Crippen LogP contribution in [0.3, 0.4) is 0 Å². The first-order valence-electron chi connectivity index (χ1n) is 10.5. The highest BCUT2D eigenvalue weighted by atomic mass is 32.2. The van der Waals surface area contributed by atoms with Crippen LogP contribution in [0.25, 0.3) is 17.0 Å². The summed E-state index contributed by atoms with van der Waals surface area (Å²) in [5, 5.41) is 15.1. The van der Waals surface area contributed by atoms with Gasteiger partial charge in [-0.05, 0) is 50.5 Å². The van der Waals surface area contributed by atoms with Crippen LogP contribution < -0.4 is 4.72 Å². The molecule has 0 radical (unpaired) electrons. The number of imidazole rings is 1. The molecular formula is C22H24N6O3S. The Morgan fingerprint density at radius 1 is 1.06 bits per heavy atom. The van der Waals surface area contributed by atoms with Crippen LogP contribution in [-0.4, -0.2) is 50.4 Å². The summed E-state index contributed by atoms with van der Waals surface area (Å²) >= 11 is 0. The second-order valence-electron chi connectivity index (χ2n) is 8.12. The summed E-state index contributed by atoms with van der Waals surface area (Å²) in [6.45, 7) is 1.82. The van der Waals surface area contributed by atoms with Gasteiger partial charge in [0.2, 0.25) is 16.0 Å². The number of aromatic amines is 1. The van der Waals surface area contributed by atoms with Crippen molar-refractivity contribution in [2.24, 2.45) is 0 Å². The summed E-state index contributed by atoms with van der Waals surface area (Å²) < 4.78 is 30.0. The fraction of sp³-hybridized carbons (Fsp3) is 0.318. The van der Waals surface area contributed by atoms with Crippen LogP contribution in [0.1, 0.15) is 36.8 Å². The molecule has 3 atom stereocenters. The molecule has 0 spiro atoms. The zero-order chi connectivity index (χ0) is 22.3. The molecular weight excluding hydrogens is 428 g/mol. The lowest BCUT2D eigenvalue weighted by Gasteiger charge is -2.33. The maximum absolute atomic E-state index is 12.8. The Hall–Kier alpha value is -3.08. The SMILES string of the molecule is Cc1nc([C@H]2CC[C@@H](O)[C@H](NS(=O)(=O)c3ccccc3)C2)n(-c2nc3ccccc3[nH]2)n1. The summed E-state index contributed by atoms with van der Waals surface area (Å²) in [5.41, 5.74) is 1.73. The van der Waals surface area contributed by atoms with Gasteiger partial charge in [-0.1, -0.05) is 30.3 Å². The second kappa shape index (κ2) is 8.12. The Labute approximate surface area is 185 Å². The Balaban J connectivity index is 1.43. The number of nitrogens with one attached hydrogen (secondary N) is 2. The number of rotatable bonds is 5. The van der Waals surface area contributed by atoms with Gasteiger partial charge in [-0.25, -0.2) is 23.1 Å². The number of benzene rings is 2. The normalized spacial score (nSPS) is 21.8. The van der Waals surface area contributed by atoms with E-state index in [0.29, 0.717) is 36.9 Å². The lowest BCUT2D eigenvalue weighted by Crippen LogP contribution is -2.46. The molecule has 0 unspecified atom stereocenters. The van der Waals surface area contributed by atoms with E-state index in [4.69, 9.17) is 0 Å². The number of para-hydroxylation sites is 2. The van der Waals surface area contributed by atoms with Gasteiger partial charge >= 0.3 is 0 Å². The zero-order valence-electron chi connectivity index (χ0n) is 17.5. The van der Waals surface area contributed by atoms with Crippen LogP contribution in [0, 0.1) is 6.92 Å². The average Bonchev–Trinajstić information content (AvgIpc) is 3.39. The first kappa shape index (κ1) is 20.8. The van der Waals surface area contributed by atoms with E-state index in [1.54, 1.807) is 22.9 Å². The highest BCUT2D eigenvalue weighted by molar-refractivity contribution is 7.89. The molecule has 4 aromatic rings. The Kier molecular flexibility index (Phi) is 5.28. The summed E-state index contributed by atoms with van der Waals surface area (Å²) in [7, 11) is -3.74. The fourth-order valence-electron chi connectivity index (χ4n) is 4.27. The molecule has 2 aromatic heterocycles. The smallest absolute Gasteiger partial charge is 0.240 e. The number of H-pyrrole nitrogens is 1. The van der Waals surface area contributed by atoms with Gasteiger partial charge in [-0.2, -0.15) is 4.68 Å². The predicted octanol–water partition coefficient (Wildman–Crippen LogP) is 2.43. The minimum atomic E-state index is -3.74. The second-order valence-corrected chi connectivity index (χ2v) is 9.84. The van der Waals surface area contributed by atoms with Crippen LogP contribution in [0.15, 0.2) is 59.5 Å². The molecule has 0 bridgehead atoms. The third-order valence-electron chi connectivity index (χ3n) is 5.85. The van der Waals surface area contributed by atoms with Gasteiger partial charge < -0.3 is 10.1 Å². The third-order valence-corrected chi connectivity index (χ3v) is 7.36. The van der Waals surface area contributed by atoms with Crippen molar-refractivity contribution in [2.75, 3.05) is 0 Å². The largest absolute Gasteiger partial charge is 0.391 e. The molecule has 9 nitrogen and oxygen atoms in total. The minimum Gasteiger partial charge on any atom is -0.391 e. The number of hydrogen-bond donors (Lipinski definition) is 3. The monoisotopic (exact) mass is 452 g/mol. The van der Waals surface area contributed by atoms with Gasteiger partial charge in [0.15, 0.2) is 0 Å². The number of hydrogen-bond acceptors (Lipinski definition) is 6. The van der Waals surface area contributed by atoms with E-state index in [2.05, 4.69) is 24.8 Å². The van der Waals surface area contributed by atoms with E-state index in [1.807, 2.05) is 31.2 Å². The summed E-state index contributed by atoms with van der Waals surface area (Å²) in [6, 6.07) is 15.3. The fourth-order valence-corrected chi connectivity index (χ4v) is 5.58. The summed E-state index contributed by atoms with van der Waals surface area (Å²) in [5.74, 6) is 1.79. The van der Waals surface area contributed by atoms with E-state index in [-0.39, 0.29) is 10.8 Å². The molecule has 1 aliphatic rings. The van der Waals surface area contributed by atoms with E-state index in [0.717, 1.165) is 11.0 Å². The first-order chi connectivity index (χ1) is 15.4. The molecule has 5 rings (SSSR count). The number of aliphatic hydroxyl groups is 1. The first-order valence-corrected chi connectivity index (χ1v) is 12.0. The molecule has 0 amide bonds. The van der Waals surface area contributed by atoms with Crippen molar-refractivity contribution in [1.29, 1.82) is 0 Å². The molecule has 1 fully saturated rings. The molecule has 2 aromatic carbocycles. The van der Waals surface area contributed by atoms with Gasteiger partial charge in [-0.3, -0.25) is 0 Å². The van der Waals surface area contributed by atoms with Crippen LogP contribution in [0.2, 0.25) is 0 Å². The quantitative estimate of drug-likeness (QED) is 0.427. The van der Waals surface area contributed by atoms with E-state index in [1.165, 1.54) is 12.1 Å². The van der Waals surface area contributed by atoms with Crippen molar-refractivity contribution in [1.82, 2.24) is 29.5 Å². The molecule has 1 aliphatic carbocycles. The molecule has 10 heteroatoms. The lowest BCUT2D eigenvalue weighted by molar-refractivity contribution is 0.0918. The van der Waals surface area contributed by atoms with Gasteiger partial charge in [0.05, 0.1) is 22.0 Å². The summed E-state index contributed by atoms with van der Waals surface area (Å²) in [6.07, 6.45) is 0.765. The highest BCUT2D eigenvalue weighted by Gasteiger charge is 2.35. The van der Waals surface area contributed by atoms with E-state index >= 15 is 0 Å². The van der Waals surface area contributed by atoms with E-state index in [9.17, 15) is 13.5 Å². The molecule has 166 valence electrons. The van der Waals surface area contributed by atoms with Crippen molar-refractivity contribution < 1.29 is 13.5 Å². The highest BCUT2D eigenvalue weighted by Crippen LogP contribution is 2.34. The molecule has 2 heterocycles. The molecule has 0 aliphatic heterocycles. The van der Waals surface area contributed by atoms with Crippen molar-refractivity contribution in [2.45, 2.75) is 49.1 Å². The van der Waals surface area contributed by atoms with Gasteiger partial charge in [-0.15, -0.1) is 5.10 Å². The standard InChI is InChI=1S/C22H24N6O3S/c1-14-23-21(28(26-14)22-24-17-9-5-6-10-18(17)25-22)15-11-12-20(29)19(13-15)27-32(30,31)16-7-3-2-4-8-16/h2-10,15,19-20,27,29H,11-13H2,1H3,(H,24,25)/t15-,19+,20+/m0/s1. The van der Waals surface area contributed by atoms with Crippen LogP contribution in [0.5, 0.6) is 0 Å². The number of nitrogens with zero attached hydrogens (tertiary/aromatic N) is 4. The van der Waals surface area contributed by atoms with Gasteiger partial charge in [0.25, 0.3) is 0 Å². The van der Waals surface area contributed by atoms with E-state index < -0.39 is 22.2 Å². The number of aromatic nitrogens is 5. The number of fused-ring (bicyclic) bond motifs is 1. The van der Waals surface area contributed by atoms with Gasteiger partial charge in [0.1, 0.15) is 11.6 Å². The molecule has 1 saturated carbocycles. The molecule has 32 heavy (non-hydrogen) atoms. The average molecular weight is 453 g/mol. The van der Waals surface area contributed by atoms with Crippen molar-refractivity contribution >= 4 is 21.1 Å². The number of aryl methyl sites for hydroxylation is 1. The van der Waals surface area contributed by atoms with Crippen molar-refractivity contribution in [3.05, 3.63) is 66.2 Å². The third kappa shape index (κ3) is 3.92. The van der Waals surface area contributed by atoms with Crippen LogP contribution >= 0.6 is 0 Å². The lowest BCUT2D eigenvalue weighted by atomic mass is 9.83.